The van der Waals surface area contributed by atoms with Gasteiger partial charge in [0, 0.05) is 0 Å². The fraction of sp³-hybridized carbons (Fsp3) is 0.571. The lowest BCUT2D eigenvalue weighted by molar-refractivity contribution is 0.336. The lowest BCUT2D eigenvalue weighted by Gasteiger charge is -2.14. The van der Waals surface area contributed by atoms with Crippen LogP contribution in [0, 0.1) is 5.92 Å². The molecular formula is C7H14N6. The van der Waals surface area contributed by atoms with E-state index >= 15 is 0 Å². The fourth-order valence-electron chi connectivity index (χ4n) is 1.44. The van der Waals surface area contributed by atoms with Crippen molar-refractivity contribution in [1.82, 2.24) is 15.2 Å². The van der Waals surface area contributed by atoms with Gasteiger partial charge in [-0.3, -0.25) is 0 Å². The largest absolute Gasteiger partial charge is 0.393 e. The Morgan fingerprint density at radius 1 is 1.46 bits per heavy atom. The van der Waals surface area contributed by atoms with Gasteiger partial charge in [-0.25, -0.2) is 10.1 Å². The first-order valence-corrected chi connectivity index (χ1v) is 4.26. The van der Waals surface area contributed by atoms with Gasteiger partial charge in [-0.15, -0.1) is 5.10 Å². The zero-order valence-electron chi connectivity index (χ0n) is 7.70. The summed E-state index contributed by atoms with van der Waals surface area (Å²) in [6.07, 6.45) is 0.120. The van der Waals surface area contributed by atoms with Crippen LogP contribution in [0.1, 0.15) is 20.0 Å². The molecule has 0 aliphatic carbocycles. The summed E-state index contributed by atoms with van der Waals surface area (Å²) in [5, 5.41) is 4.14. The van der Waals surface area contributed by atoms with Crippen LogP contribution in [0.3, 0.4) is 0 Å². The van der Waals surface area contributed by atoms with E-state index < -0.39 is 0 Å². The van der Waals surface area contributed by atoms with Crippen molar-refractivity contribution in [2.45, 2.75) is 20.0 Å². The van der Waals surface area contributed by atoms with Crippen LogP contribution >= 0.6 is 0 Å². The predicted octanol–water partition coefficient (Wildman–Crippen LogP) is 0.132. The molecule has 6 heteroatoms. The van der Waals surface area contributed by atoms with Gasteiger partial charge in [-0.05, 0) is 5.92 Å². The highest BCUT2D eigenvalue weighted by Crippen LogP contribution is 2.32. The molecule has 72 valence electrons. The maximum atomic E-state index is 5.71. The van der Waals surface area contributed by atoms with E-state index in [1.54, 1.807) is 4.68 Å². The Balaban J connectivity index is 2.43. The van der Waals surface area contributed by atoms with Crippen LogP contribution in [0.4, 0.5) is 17.3 Å². The second kappa shape index (κ2) is 2.53. The number of nitrogens with one attached hydrogen (secondary N) is 2. The number of rotatable bonds is 1. The molecule has 1 aromatic heterocycles. The van der Waals surface area contributed by atoms with Gasteiger partial charge in [0.25, 0.3) is 0 Å². The standard InChI is InChI=1S/C7H14N6/c1-3(2)6-10-11-7-4(8)5(9)12-13(6)7/h3,6,10-11H,8H2,1-2H3,(H2,9,12). The van der Waals surface area contributed by atoms with Crippen molar-refractivity contribution in [3.8, 4) is 0 Å². The van der Waals surface area contributed by atoms with Crippen LogP contribution in [0.5, 0.6) is 0 Å². The highest BCUT2D eigenvalue weighted by atomic mass is 15.6. The molecule has 0 saturated carbocycles. The summed E-state index contributed by atoms with van der Waals surface area (Å²) in [5.41, 5.74) is 17.9. The van der Waals surface area contributed by atoms with Gasteiger partial charge in [-0.1, -0.05) is 13.8 Å². The zero-order chi connectivity index (χ0) is 9.59. The van der Waals surface area contributed by atoms with Crippen molar-refractivity contribution < 1.29 is 0 Å². The Bertz CT molecular complexity index is 328. The molecule has 13 heavy (non-hydrogen) atoms. The molecular weight excluding hydrogens is 168 g/mol. The third-order valence-electron chi connectivity index (χ3n) is 2.21. The number of hydrogen-bond donors (Lipinski definition) is 4. The Kier molecular flexibility index (Phi) is 1.59. The average Bonchev–Trinajstić information content (AvgIpc) is 2.55. The van der Waals surface area contributed by atoms with E-state index in [1.165, 1.54) is 0 Å². The molecule has 1 aromatic rings. The number of hydrogen-bond acceptors (Lipinski definition) is 5. The number of anilines is 3. The average molecular weight is 182 g/mol. The SMILES string of the molecule is CC(C)C1NNc2c(N)c(N)nn21. The number of aromatic nitrogens is 2. The fourth-order valence-corrected chi connectivity index (χ4v) is 1.44. The first-order chi connectivity index (χ1) is 6.11. The minimum Gasteiger partial charge on any atom is -0.393 e. The second-order valence-corrected chi connectivity index (χ2v) is 3.55. The van der Waals surface area contributed by atoms with Gasteiger partial charge < -0.3 is 16.9 Å². The first kappa shape index (κ1) is 8.18. The van der Waals surface area contributed by atoms with E-state index in [0.717, 1.165) is 5.82 Å². The van der Waals surface area contributed by atoms with Gasteiger partial charge in [0.2, 0.25) is 0 Å². The highest BCUT2D eigenvalue weighted by molar-refractivity contribution is 5.74. The van der Waals surface area contributed by atoms with Gasteiger partial charge >= 0.3 is 0 Å². The summed E-state index contributed by atoms with van der Waals surface area (Å²) in [6.45, 7) is 4.20. The smallest absolute Gasteiger partial charge is 0.171 e. The van der Waals surface area contributed by atoms with E-state index in [4.69, 9.17) is 11.5 Å². The number of hydrazine groups is 1. The summed E-state index contributed by atoms with van der Waals surface area (Å²) in [7, 11) is 0. The summed E-state index contributed by atoms with van der Waals surface area (Å²) in [6, 6.07) is 0. The molecule has 1 atom stereocenters. The van der Waals surface area contributed by atoms with Gasteiger partial charge in [0.1, 0.15) is 11.9 Å². The molecule has 2 rings (SSSR count). The molecule has 6 nitrogen and oxygen atoms in total. The topological polar surface area (TPSA) is 93.9 Å². The van der Waals surface area contributed by atoms with Crippen molar-refractivity contribution in [3.05, 3.63) is 0 Å². The third-order valence-corrected chi connectivity index (χ3v) is 2.21. The first-order valence-electron chi connectivity index (χ1n) is 4.26. The van der Waals surface area contributed by atoms with Crippen LogP contribution in [0.15, 0.2) is 0 Å². The van der Waals surface area contributed by atoms with Crippen molar-refractivity contribution in [1.29, 1.82) is 0 Å². The summed E-state index contributed by atoms with van der Waals surface area (Å²) >= 11 is 0. The van der Waals surface area contributed by atoms with Gasteiger partial charge in [-0.2, -0.15) is 0 Å². The molecule has 0 saturated heterocycles. The number of nitrogens with two attached hydrogens (primary N) is 2. The minimum atomic E-state index is 0.120. The quantitative estimate of drug-likeness (QED) is 0.495. The second-order valence-electron chi connectivity index (χ2n) is 3.55. The molecule has 1 aliphatic rings. The zero-order valence-corrected chi connectivity index (χ0v) is 7.70. The number of nitrogens with zero attached hydrogens (tertiary/aromatic N) is 2. The molecule has 2 heterocycles. The Morgan fingerprint density at radius 3 is 2.77 bits per heavy atom. The molecule has 0 radical (unpaired) electrons. The van der Waals surface area contributed by atoms with Gasteiger partial charge in [0.05, 0.1) is 0 Å². The Morgan fingerprint density at radius 2 is 2.15 bits per heavy atom. The normalized spacial score (nSPS) is 20.4. The third kappa shape index (κ3) is 1.02. The number of fused-ring (bicyclic) bond motifs is 1. The van der Waals surface area contributed by atoms with Crippen molar-refractivity contribution in [2.75, 3.05) is 16.9 Å². The maximum Gasteiger partial charge on any atom is 0.171 e. The van der Waals surface area contributed by atoms with E-state index in [1.807, 2.05) is 0 Å². The van der Waals surface area contributed by atoms with Crippen molar-refractivity contribution in [2.24, 2.45) is 5.92 Å². The van der Waals surface area contributed by atoms with Crippen LogP contribution in [-0.4, -0.2) is 9.78 Å². The van der Waals surface area contributed by atoms with Crippen LogP contribution in [-0.2, 0) is 0 Å². The summed E-state index contributed by atoms with van der Waals surface area (Å²) < 4.78 is 1.79. The van der Waals surface area contributed by atoms with Crippen molar-refractivity contribution in [3.63, 3.8) is 0 Å². The number of nitrogen functional groups attached to an aromatic ring is 2. The monoisotopic (exact) mass is 182 g/mol. The molecule has 1 unspecified atom stereocenters. The Labute approximate surface area is 76.2 Å². The minimum absolute atomic E-state index is 0.120. The predicted molar refractivity (Wildman–Crippen MR) is 51.7 cm³/mol. The molecule has 0 fully saturated rings. The molecule has 0 bridgehead atoms. The lowest BCUT2D eigenvalue weighted by Crippen LogP contribution is -2.27. The lowest BCUT2D eigenvalue weighted by atomic mass is 10.2. The summed E-state index contributed by atoms with van der Waals surface area (Å²) in [4.78, 5) is 0. The summed E-state index contributed by atoms with van der Waals surface area (Å²) in [5.74, 6) is 1.57. The molecule has 6 N–H and O–H groups in total. The van der Waals surface area contributed by atoms with E-state index in [9.17, 15) is 0 Å². The van der Waals surface area contributed by atoms with Crippen LogP contribution in [0.2, 0.25) is 0 Å². The van der Waals surface area contributed by atoms with E-state index in [0.29, 0.717) is 17.4 Å². The van der Waals surface area contributed by atoms with E-state index in [-0.39, 0.29) is 6.17 Å². The van der Waals surface area contributed by atoms with Gasteiger partial charge in [0.15, 0.2) is 11.6 Å². The Hall–Kier alpha value is -1.43. The van der Waals surface area contributed by atoms with Crippen LogP contribution in [0.25, 0.3) is 0 Å². The van der Waals surface area contributed by atoms with Crippen molar-refractivity contribution >= 4 is 17.3 Å². The van der Waals surface area contributed by atoms with E-state index in [2.05, 4.69) is 29.8 Å². The maximum absolute atomic E-state index is 5.71. The van der Waals surface area contributed by atoms with Crippen LogP contribution < -0.4 is 22.3 Å². The molecule has 0 amide bonds. The molecule has 0 aromatic carbocycles. The molecule has 0 spiro atoms. The highest BCUT2D eigenvalue weighted by Gasteiger charge is 2.28. The molecule has 1 aliphatic heterocycles.